The van der Waals surface area contributed by atoms with E-state index in [1.54, 1.807) is 18.4 Å². The topological polar surface area (TPSA) is 80.2 Å². The zero-order valence-corrected chi connectivity index (χ0v) is 16.8. The van der Waals surface area contributed by atoms with Crippen LogP contribution in [0.5, 0.6) is 0 Å². The maximum Gasteiger partial charge on any atom is 0.243 e. The summed E-state index contributed by atoms with van der Waals surface area (Å²) in [5.74, 6) is 0.673. The van der Waals surface area contributed by atoms with Gasteiger partial charge in [-0.05, 0) is 25.3 Å². The zero-order chi connectivity index (χ0) is 19.5. The quantitative estimate of drug-likeness (QED) is 0.689. The first-order valence-electron chi connectivity index (χ1n) is 9.37. The number of carbonyl (C=O) groups excluding carboxylic acids is 1. The number of hydrogen-bond acceptors (Lipinski definition) is 7. The Hall–Kier alpha value is -2.58. The highest BCUT2D eigenvalue weighted by Gasteiger charge is 2.33. The van der Waals surface area contributed by atoms with Crippen molar-refractivity contribution in [2.45, 2.75) is 39.0 Å². The van der Waals surface area contributed by atoms with Crippen LogP contribution in [-0.2, 0) is 22.7 Å². The lowest BCUT2D eigenvalue weighted by molar-refractivity contribution is -0.122. The van der Waals surface area contributed by atoms with Gasteiger partial charge in [0.05, 0.1) is 10.4 Å². The number of fused-ring (bicyclic) bond motifs is 1. The van der Waals surface area contributed by atoms with Crippen LogP contribution in [0.2, 0.25) is 0 Å². The molecule has 0 aliphatic carbocycles. The Labute approximate surface area is 167 Å². The van der Waals surface area contributed by atoms with Gasteiger partial charge >= 0.3 is 0 Å². The molecule has 1 atom stereocenters. The Morgan fingerprint density at radius 1 is 1.29 bits per heavy atom. The second-order valence-electron chi connectivity index (χ2n) is 6.86. The van der Waals surface area contributed by atoms with Crippen LogP contribution in [0.4, 0.5) is 5.13 Å². The van der Waals surface area contributed by atoms with Gasteiger partial charge < -0.3 is 15.0 Å². The van der Waals surface area contributed by atoms with Gasteiger partial charge in [-0.2, -0.15) is 4.98 Å². The van der Waals surface area contributed by atoms with E-state index in [4.69, 9.17) is 9.72 Å². The van der Waals surface area contributed by atoms with Crippen molar-refractivity contribution in [1.29, 1.82) is 0 Å². The fraction of sp³-hybridized carbons (Fsp3) is 0.400. The number of ether oxygens (including phenoxy) is 1. The largest absolute Gasteiger partial charge is 0.377 e. The fourth-order valence-electron chi connectivity index (χ4n) is 3.49. The molecule has 0 saturated carbocycles. The van der Waals surface area contributed by atoms with Crippen LogP contribution in [0.25, 0.3) is 10.3 Å². The summed E-state index contributed by atoms with van der Waals surface area (Å²) in [5.41, 5.74) is 2.66. The molecule has 1 aliphatic rings. The monoisotopic (exact) mass is 397 g/mol. The normalized spacial score (nSPS) is 16.6. The number of hydrogen-bond donors (Lipinski definition) is 1. The summed E-state index contributed by atoms with van der Waals surface area (Å²) in [6, 6.07) is 9.76. The van der Waals surface area contributed by atoms with Gasteiger partial charge in [0.1, 0.15) is 12.6 Å². The van der Waals surface area contributed by atoms with Gasteiger partial charge in [0.2, 0.25) is 5.91 Å². The Bertz CT molecular complexity index is 975. The van der Waals surface area contributed by atoms with Gasteiger partial charge in [0.15, 0.2) is 16.6 Å². The van der Waals surface area contributed by atoms with E-state index in [1.807, 2.05) is 37.3 Å². The highest BCUT2D eigenvalue weighted by molar-refractivity contribution is 7.22. The van der Waals surface area contributed by atoms with Crippen molar-refractivity contribution >= 4 is 32.7 Å². The lowest BCUT2D eigenvalue weighted by atomic mass is 10.2. The molecule has 1 aromatic carbocycles. The summed E-state index contributed by atoms with van der Waals surface area (Å²) in [4.78, 5) is 28.6. The van der Waals surface area contributed by atoms with Crippen LogP contribution in [0.3, 0.4) is 0 Å². The predicted octanol–water partition coefficient (Wildman–Crippen LogP) is 2.83. The van der Waals surface area contributed by atoms with Crippen molar-refractivity contribution in [1.82, 2.24) is 20.3 Å². The van der Waals surface area contributed by atoms with Crippen LogP contribution < -0.4 is 10.2 Å². The van der Waals surface area contributed by atoms with Crippen molar-refractivity contribution in [2.75, 3.05) is 18.6 Å². The summed E-state index contributed by atoms with van der Waals surface area (Å²) in [5, 5.41) is 3.90. The van der Waals surface area contributed by atoms with E-state index in [1.165, 1.54) is 0 Å². The molecule has 3 aromatic rings. The zero-order valence-electron chi connectivity index (χ0n) is 16.0. The highest BCUT2D eigenvalue weighted by Crippen LogP contribution is 2.34. The van der Waals surface area contributed by atoms with Crippen LogP contribution in [0.1, 0.15) is 29.9 Å². The smallest absolute Gasteiger partial charge is 0.243 e. The van der Waals surface area contributed by atoms with E-state index in [0.717, 1.165) is 40.5 Å². The molecule has 1 aliphatic heterocycles. The lowest BCUT2D eigenvalue weighted by Crippen LogP contribution is -2.43. The molecule has 4 rings (SSSR count). The number of nitrogens with one attached hydrogen (secondary N) is 1. The number of benzene rings is 1. The van der Waals surface area contributed by atoms with E-state index >= 15 is 0 Å². The number of aromatic nitrogens is 3. The van der Waals surface area contributed by atoms with Crippen molar-refractivity contribution in [3.05, 3.63) is 47.4 Å². The van der Waals surface area contributed by atoms with Crippen LogP contribution in [0.15, 0.2) is 30.3 Å². The van der Waals surface area contributed by atoms with E-state index < -0.39 is 0 Å². The van der Waals surface area contributed by atoms with Gasteiger partial charge in [0.25, 0.3) is 0 Å². The summed E-state index contributed by atoms with van der Waals surface area (Å²) in [6.45, 7) is 3.67. The molecule has 3 heterocycles. The number of rotatable bonds is 6. The van der Waals surface area contributed by atoms with Crippen LogP contribution in [0, 0.1) is 6.92 Å². The number of nitrogens with zero attached hydrogens (tertiary/aromatic N) is 4. The molecule has 7 nitrogen and oxygen atoms in total. The molecule has 1 saturated heterocycles. The van der Waals surface area contributed by atoms with Gasteiger partial charge in [-0.25, -0.2) is 9.97 Å². The average Bonchev–Trinajstić information content (AvgIpc) is 3.34. The average molecular weight is 398 g/mol. The third-order valence-corrected chi connectivity index (χ3v) is 6.03. The highest BCUT2D eigenvalue weighted by atomic mass is 32.1. The maximum absolute atomic E-state index is 12.8. The van der Waals surface area contributed by atoms with Crippen molar-refractivity contribution < 1.29 is 9.53 Å². The Morgan fingerprint density at radius 3 is 2.89 bits per heavy atom. The Kier molecular flexibility index (Phi) is 5.50. The summed E-state index contributed by atoms with van der Waals surface area (Å²) in [6.07, 6.45) is 1.80. The predicted molar refractivity (Wildman–Crippen MR) is 109 cm³/mol. The van der Waals surface area contributed by atoms with Gasteiger partial charge in [-0.15, -0.1) is 0 Å². The summed E-state index contributed by atoms with van der Waals surface area (Å²) in [7, 11) is 1.62. The molecule has 0 bridgehead atoms. The maximum atomic E-state index is 12.8. The van der Waals surface area contributed by atoms with Crippen molar-refractivity contribution in [3.8, 4) is 0 Å². The summed E-state index contributed by atoms with van der Waals surface area (Å²) >= 11 is 1.55. The molecule has 0 radical (unpaired) electrons. The SMILES string of the molecule is COCc1nc(C)c2sc(N3CCC[C@@H]3C(=O)NCc3ccccc3)nc2n1. The number of carbonyl (C=O) groups is 1. The number of amides is 1. The number of methoxy groups -OCH3 is 1. The molecule has 2 aromatic heterocycles. The van der Waals surface area contributed by atoms with E-state index in [2.05, 4.69) is 20.2 Å². The lowest BCUT2D eigenvalue weighted by Gasteiger charge is -2.23. The van der Waals surface area contributed by atoms with Crippen molar-refractivity contribution in [3.63, 3.8) is 0 Å². The number of anilines is 1. The summed E-state index contributed by atoms with van der Waals surface area (Å²) < 4.78 is 6.10. The first-order valence-corrected chi connectivity index (χ1v) is 10.2. The Morgan fingerprint density at radius 2 is 2.11 bits per heavy atom. The third kappa shape index (κ3) is 3.83. The van der Waals surface area contributed by atoms with E-state index in [9.17, 15) is 4.79 Å². The molecule has 1 N–H and O–H groups in total. The van der Waals surface area contributed by atoms with E-state index in [-0.39, 0.29) is 11.9 Å². The molecule has 1 amide bonds. The van der Waals surface area contributed by atoms with Gasteiger partial charge in [-0.1, -0.05) is 41.7 Å². The minimum absolute atomic E-state index is 0.0449. The molecule has 1 fully saturated rings. The molecular formula is C20H23N5O2S. The molecule has 146 valence electrons. The first-order chi connectivity index (χ1) is 13.7. The molecule has 0 spiro atoms. The number of aryl methyl sites for hydroxylation is 1. The molecule has 8 heteroatoms. The second-order valence-corrected chi connectivity index (χ2v) is 7.84. The fourth-order valence-corrected chi connectivity index (χ4v) is 4.52. The Balaban J connectivity index is 1.52. The molecular weight excluding hydrogens is 374 g/mol. The number of thiazole rings is 1. The molecule has 0 unspecified atom stereocenters. The van der Waals surface area contributed by atoms with Crippen LogP contribution >= 0.6 is 11.3 Å². The standard InChI is InChI=1S/C20H23N5O2S/c1-13-17-18(23-16(22-13)12-27-2)24-20(28-17)25-10-6-9-15(25)19(26)21-11-14-7-4-3-5-8-14/h3-5,7-8,15H,6,9-12H2,1-2H3,(H,21,26)/t15-/m1/s1. The second kappa shape index (κ2) is 8.20. The van der Waals surface area contributed by atoms with Crippen LogP contribution in [-0.4, -0.2) is 40.6 Å². The van der Waals surface area contributed by atoms with Gasteiger partial charge in [-0.3, -0.25) is 4.79 Å². The minimum Gasteiger partial charge on any atom is -0.377 e. The first kappa shape index (κ1) is 18.8. The van der Waals surface area contributed by atoms with Gasteiger partial charge in [0, 0.05) is 20.2 Å². The third-order valence-electron chi connectivity index (χ3n) is 4.84. The minimum atomic E-state index is -0.198. The molecule has 28 heavy (non-hydrogen) atoms. The van der Waals surface area contributed by atoms with E-state index in [0.29, 0.717) is 24.6 Å². The van der Waals surface area contributed by atoms with Crippen molar-refractivity contribution in [2.24, 2.45) is 0 Å².